The first kappa shape index (κ1) is 16.3. The lowest BCUT2D eigenvalue weighted by atomic mass is 9.93. The monoisotopic (exact) mass is 338 g/mol. The Morgan fingerprint density at radius 3 is 2.80 bits per heavy atom. The summed E-state index contributed by atoms with van der Waals surface area (Å²) in [6, 6.07) is 1.94. The zero-order chi connectivity index (χ0) is 17.7. The number of pyridine rings is 1. The van der Waals surface area contributed by atoms with Gasteiger partial charge in [-0.05, 0) is 49.5 Å². The Morgan fingerprint density at radius 1 is 1.36 bits per heavy atom. The van der Waals surface area contributed by atoms with Crippen molar-refractivity contribution >= 4 is 16.9 Å². The minimum absolute atomic E-state index is 0.00264. The lowest BCUT2D eigenvalue weighted by Crippen LogP contribution is -2.31. The van der Waals surface area contributed by atoms with Crippen molar-refractivity contribution in [2.75, 3.05) is 6.54 Å². The quantitative estimate of drug-likeness (QED) is 0.870. The fourth-order valence-electron chi connectivity index (χ4n) is 4.39. The van der Waals surface area contributed by atoms with Crippen molar-refractivity contribution in [1.82, 2.24) is 20.1 Å². The van der Waals surface area contributed by atoms with E-state index in [0.717, 1.165) is 34.9 Å². The molecule has 2 heterocycles. The Kier molecular flexibility index (Phi) is 3.89. The summed E-state index contributed by atoms with van der Waals surface area (Å²) in [6.45, 7) is 6.89. The summed E-state index contributed by atoms with van der Waals surface area (Å²) in [5, 5.41) is 8.52. The molecule has 1 fully saturated rings. The molecule has 0 spiro atoms. The molecule has 5 heteroatoms. The molecule has 0 aliphatic heterocycles. The predicted octanol–water partition coefficient (Wildman–Crippen LogP) is 3.34. The van der Waals surface area contributed by atoms with Crippen LogP contribution in [-0.2, 0) is 7.05 Å². The van der Waals surface area contributed by atoms with Crippen LogP contribution >= 0.6 is 0 Å². The Bertz CT molecular complexity index is 864. The number of fused-ring (bicyclic) bond motifs is 3. The largest absolute Gasteiger partial charge is 0.352 e. The summed E-state index contributed by atoms with van der Waals surface area (Å²) in [7, 11) is 1.88. The van der Waals surface area contributed by atoms with Crippen molar-refractivity contribution in [3.8, 4) is 0 Å². The second-order valence-corrected chi connectivity index (χ2v) is 7.91. The Hall–Kier alpha value is -2.17. The summed E-state index contributed by atoms with van der Waals surface area (Å²) >= 11 is 0. The summed E-state index contributed by atoms with van der Waals surface area (Å²) in [5.74, 6) is 2.22. The molecule has 1 N–H and O–H groups in total. The zero-order valence-corrected chi connectivity index (χ0v) is 15.4. The van der Waals surface area contributed by atoms with E-state index in [0.29, 0.717) is 17.4 Å². The van der Waals surface area contributed by atoms with Gasteiger partial charge in [0.2, 0.25) is 0 Å². The van der Waals surface area contributed by atoms with Crippen LogP contribution in [0.5, 0.6) is 0 Å². The molecule has 25 heavy (non-hydrogen) atoms. The van der Waals surface area contributed by atoms with Gasteiger partial charge < -0.3 is 5.32 Å². The molecular formula is C20H26N4O. The maximum atomic E-state index is 13.0. The third kappa shape index (κ3) is 2.75. The molecule has 2 aliphatic carbocycles. The zero-order valence-electron chi connectivity index (χ0n) is 15.4. The second-order valence-electron chi connectivity index (χ2n) is 7.91. The average Bonchev–Trinajstić information content (AvgIpc) is 3.27. The Labute approximate surface area is 148 Å². The second kappa shape index (κ2) is 5.97. The highest BCUT2D eigenvalue weighted by Gasteiger charge is 2.35. The fraction of sp³-hybridized carbons (Fsp3) is 0.550. The number of allylic oxidation sites excluding steroid dienone is 2. The highest BCUT2D eigenvalue weighted by atomic mass is 16.1. The molecule has 2 aromatic heterocycles. The average molecular weight is 338 g/mol. The molecule has 0 saturated heterocycles. The van der Waals surface area contributed by atoms with Gasteiger partial charge in [0.15, 0.2) is 5.65 Å². The van der Waals surface area contributed by atoms with E-state index in [1.165, 1.54) is 12.8 Å². The van der Waals surface area contributed by atoms with Crippen molar-refractivity contribution in [2.24, 2.45) is 24.8 Å². The number of carbonyl (C=O) groups is 1. The third-order valence-corrected chi connectivity index (χ3v) is 5.77. The van der Waals surface area contributed by atoms with Crippen molar-refractivity contribution in [2.45, 2.75) is 39.5 Å². The van der Waals surface area contributed by atoms with E-state index in [1.54, 1.807) is 4.68 Å². The number of nitrogens with one attached hydrogen (secondary N) is 1. The smallest absolute Gasteiger partial charge is 0.252 e. The van der Waals surface area contributed by atoms with Gasteiger partial charge in [-0.3, -0.25) is 9.48 Å². The van der Waals surface area contributed by atoms with Crippen LogP contribution in [0.25, 0.3) is 11.0 Å². The van der Waals surface area contributed by atoms with E-state index in [2.05, 4.69) is 36.4 Å². The van der Waals surface area contributed by atoms with Crippen molar-refractivity contribution in [1.29, 1.82) is 0 Å². The Morgan fingerprint density at radius 2 is 2.16 bits per heavy atom. The van der Waals surface area contributed by atoms with Gasteiger partial charge in [0, 0.05) is 19.3 Å². The maximum Gasteiger partial charge on any atom is 0.252 e. The van der Waals surface area contributed by atoms with E-state index in [9.17, 15) is 4.79 Å². The molecule has 1 saturated carbocycles. The van der Waals surface area contributed by atoms with E-state index < -0.39 is 0 Å². The first-order valence-corrected chi connectivity index (χ1v) is 9.24. The van der Waals surface area contributed by atoms with E-state index in [1.807, 2.05) is 20.0 Å². The van der Waals surface area contributed by atoms with E-state index in [4.69, 9.17) is 4.98 Å². The number of hydrogen-bond donors (Lipinski definition) is 1. The number of carbonyl (C=O) groups excluding carboxylic acids is 1. The van der Waals surface area contributed by atoms with Gasteiger partial charge in [-0.1, -0.05) is 26.0 Å². The van der Waals surface area contributed by atoms with Gasteiger partial charge in [-0.15, -0.1) is 0 Å². The molecule has 132 valence electrons. The SMILES string of the molecule is Cc1nn(C)c2nc(C(C)C)cc(C(=O)NC[C@H]3C[C@H]4C=C[C@@H]3C4)c12. The first-order valence-electron chi connectivity index (χ1n) is 9.24. The van der Waals surface area contributed by atoms with Crippen LogP contribution in [0.15, 0.2) is 18.2 Å². The van der Waals surface area contributed by atoms with Crippen molar-refractivity contribution < 1.29 is 4.79 Å². The Balaban J connectivity index is 1.62. The number of rotatable bonds is 4. The van der Waals surface area contributed by atoms with E-state index >= 15 is 0 Å². The van der Waals surface area contributed by atoms with Crippen LogP contribution in [0.3, 0.4) is 0 Å². The van der Waals surface area contributed by atoms with Crippen LogP contribution in [-0.4, -0.2) is 27.2 Å². The molecule has 2 bridgehead atoms. The first-order chi connectivity index (χ1) is 11.9. The molecule has 2 aliphatic rings. The van der Waals surface area contributed by atoms with Gasteiger partial charge in [0.25, 0.3) is 5.91 Å². The summed E-state index contributed by atoms with van der Waals surface area (Å²) in [6.07, 6.45) is 7.14. The topological polar surface area (TPSA) is 59.8 Å². The lowest BCUT2D eigenvalue weighted by molar-refractivity contribution is 0.0946. The molecular weight excluding hydrogens is 312 g/mol. The van der Waals surface area contributed by atoms with Crippen LogP contribution in [0.4, 0.5) is 0 Å². The van der Waals surface area contributed by atoms with Gasteiger partial charge >= 0.3 is 0 Å². The number of nitrogens with zero attached hydrogens (tertiary/aromatic N) is 3. The van der Waals surface area contributed by atoms with E-state index in [-0.39, 0.29) is 11.8 Å². The predicted molar refractivity (Wildman–Crippen MR) is 98.5 cm³/mol. The molecule has 0 unspecified atom stereocenters. The van der Waals surface area contributed by atoms with Crippen molar-refractivity contribution in [3.63, 3.8) is 0 Å². The summed E-state index contributed by atoms with van der Waals surface area (Å²) < 4.78 is 1.77. The molecule has 3 atom stereocenters. The number of hydrogen-bond acceptors (Lipinski definition) is 3. The highest BCUT2D eigenvalue weighted by Crippen LogP contribution is 2.43. The van der Waals surface area contributed by atoms with Crippen molar-refractivity contribution in [3.05, 3.63) is 35.2 Å². The lowest BCUT2D eigenvalue weighted by Gasteiger charge is -2.19. The van der Waals surface area contributed by atoms with Crippen LogP contribution in [0, 0.1) is 24.7 Å². The van der Waals surface area contributed by atoms with Gasteiger partial charge in [-0.2, -0.15) is 5.10 Å². The van der Waals surface area contributed by atoms with Crippen LogP contribution in [0.1, 0.15) is 54.4 Å². The number of aromatic nitrogens is 3. The highest BCUT2D eigenvalue weighted by molar-refractivity contribution is 6.06. The third-order valence-electron chi connectivity index (χ3n) is 5.77. The summed E-state index contributed by atoms with van der Waals surface area (Å²) in [4.78, 5) is 17.7. The summed E-state index contributed by atoms with van der Waals surface area (Å²) in [5.41, 5.74) is 3.28. The minimum atomic E-state index is -0.00264. The molecule has 5 nitrogen and oxygen atoms in total. The fourth-order valence-corrected chi connectivity index (χ4v) is 4.39. The normalized spacial score (nSPS) is 24.6. The number of aryl methyl sites for hydroxylation is 2. The molecule has 0 radical (unpaired) electrons. The van der Waals surface area contributed by atoms with Crippen LogP contribution in [0.2, 0.25) is 0 Å². The number of amides is 1. The molecule has 1 amide bonds. The molecule has 0 aromatic carbocycles. The maximum absolute atomic E-state index is 13.0. The van der Waals surface area contributed by atoms with Crippen LogP contribution < -0.4 is 5.32 Å². The van der Waals surface area contributed by atoms with Gasteiger partial charge in [-0.25, -0.2) is 4.98 Å². The minimum Gasteiger partial charge on any atom is -0.352 e. The van der Waals surface area contributed by atoms with Gasteiger partial charge in [0.05, 0.1) is 16.6 Å². The molecule has 2 aromatic rings. The standard InChI is InChI=1S/C20H26N4O/c1-11(2)17-9-16(18-12(3)23-24(4)19(18)22-17)20(25)21-10-15-8-13-5-6-14(15)7-13/h5-6,9,11,13-15H,7-8,10H2,1-4H3,(H,21,25)/t13-,14+,15+/m0/s1. The van der Waals surface area contributed by atoms with Gasteiger partial charge in [0.1, 0.15) is 0 Å². The molecule has 4 rings (SSSR count).